The molecule has 0 saturated carbocycles. The third-order valence-electron chi connectivity index (χ3n) is 7.83. The second-order valence-electron chi connectivity index (χ2n) is 10.4. The maximum Gasteiger partial charge on any atom is 0.416 e. The Morgan fingerprint density at radius 1 is 1.05 bits per heavy atom. The number of nitrogens with one attached hydrogen (secondary N) is 1. The van der Waals surface area contributed by atoms with E-state index in [0.29, 0.717) is 11.3 Å². The first kappa shape index (κ1) is 27.4. The van der Waals surface area contributed by atoms with E-state index in [1.54, 1.807) is 6.07 Å². The van der Waals surface area contributed by atoms with Crippen LogP contribution in [0.3, 0.4) is 0 Å². The topological polar surface area (TPSA) is 96.7 Å². The molecule has 0 aromatic heterocycles. The van der Waals surface area contributed by atoms with Crippen molar-refractivity contribution in [3.05, 3.63) is 76.0 Å². The number of rotatable bonds is 4. The number of halogens is 3. The fourth-order valence-corrected chi connectivity index (χ4v) is 5.71. The largest absolute Gasteiger partial charge is 0.416 e. The van der Waals surface area contributed by atoms with Gasteiger partial charge in [-0.1, -0.05) is 12.1 Å². The number of likely N-dealkylation sites (N-methyl/N-ethyl adjacent to an activating group) is 1. The first-order chi connectivity index (χ1) is 19.0. The number of allylic oxidation sites excluding steroid dienone is 1. The van der Waals surface area contributed by atoms with Crippen molar-refractivity contribution in [3.63, 3.8) is 0 Å². The molecule has 208 valence electrons. The lowest BCUT2D eigenvalue weighted by molar-refractivity contribution is -0.137. The summed E-state index contributed by atoms with van der Waals surface area (Å²) in [4.78, 5) is 45.1. The average molecular weight is 552 g/mol. The van der Waals surface area contributed by atoms with E-state index in [9.17, 15) is 32.8 Å². The summed E-state index contributed by atoms with van der Waals surface area (Å²) in [5, 5.41) is 12.6. The molecular formula is C29H28F3N5O3. The smallest absolute Gasteiger partial charge is 0.349 e. The lowest BCUT2D eigenvalue weighted by atomic mass is 9.88. The zero-order valence-electron chi connectivity index (χ0n) is 22.1. The highest BCUT2D eigenvalue weighted by atomic mass is 19.4. The first-order valence-corrected chi connectivity index (χ1v) is 13.0. The molecule has 0 spiro atoms. The number of piperidine rings is 1. The minimum Gasteiger partial charge on any atom is -0.349 e. The highest BCUT2D eigenvalue weighted by molar-refractivity contribution is 6.09. The van der Waals surface area contributed by atoms with Crippen LogP contribution < -0.4 is 10.2 Å². The second-order valence-corrected chi connectivity index (χ2v) is 10.4. The lowest BCUT2D eigenvalue weighted by Crippen LogP contribution is -2.48. The number of carbonyl (C=O) groups excluding carboxylic acids is 3. The summed E-state index contributed by atoms with van der Waals surface area (Å²) in [5.41, 5.74) is 0.496. The molecule has 2 aliphatic heterocycles. The number of amides is 3. The number of nitrogens with zero attached hydrogens (tertiary/aromatic N) is 4. The lowest BCUT2D eigenvalue weighted by Gasteiger charge is -2.41. The molecule has 1 saturated heterocycles. The Labute approximate surface area is 229 Å². The van der Waals surface area contributed by atoms with Crippen LogP contribution >= 0.6 is 0 Å². The Bertz CT molecular complexity index is 1450. The zero-order chi connectivity index (χ0) is 28.8. The Hall–Kier alpha value is -4.17. The summed E-state index contributed by atoms with van der Waals surface area (Å²) in [6.45, 7) is 1.65. The van der Waals surface area contributed by atoms with Gasteiger partial charge in [0, 0.05) is 36.3 Å². The molecule has 11 heteroatoms. The van der Waals surface area contributed by atoms with Gasteiger partial charge in [-0.05, 0) is 75.3 Å². The quantitative estimate of drug-likeness (QED) is 0.598. The van der Waals surface area contributed by atoms with Crippen LogP contribution in [0.4, 0.5) is 23.7 Å². The van der Waals surface area contributed by atoms with Crippen molar-refractivity contribution in [2.45, 2.75) is 43.9 Å². The van der Waals surface area contributed by atoms with Gasteiger partial charge in [0.15, 0.2) is 5.78 Å². The van der Waals surface area contributed by atoms with Crippen LogP contribution in [0.5, 0.6) is 0 Å². The Kier molecular flexibility index (Phi) is 7.14. The van der Waals surface area contributed by atoms with Gasteiger partial charge in [-0.15, -0.1) is 0 Å². The number of alkyl halides is 3. The van der Waals surface area contributed by atoms with Crippen LogP contribution in [0.2, 0.25) is 0 Å². The summed E-state index contributed by atoms with van der Waals surface area (Å²) in [5.74, 6) is -0.655. The second kappa shape index (κ2) is 10.4. The third kappa shape index (κ3) is 4.95. The van der Waals surface area contributed by atoms with Crippen molar-refractivity contribution in [1.29, 1.82) is 5.26 Å². The number of Topliss-reactive ketones (excluding diaryl/α,β-unsaturated/α-hetero) is 1. The summed E-state index contributed by atoms with van der Waals surface area (Å²) in [6, 6.07) is 9.41. The summed E-state index contributed by atoms with van der Waals surface area (Å²) in [7, 11) is 3.47. The predicted octanol–water partition coefficient (Wildman–Crippen LogP) is 4.63. The van der Waals surface area contributed by atoms with Crippen molar-refractivity contribution >= 4 is 23.4 Å². The molecule has 2 heterocycles. The van der Waals surface area contributed by atoms with Gasteiger partial charge in [-0.3, -0.25) is 14.5 Å². The van der Waals surface area contributed by atoms with E-state index in [1.807, 2.05) is 13.1 Å². The van der Waals surface area contributed by atoms with Gasteiger partial charge in [0.1, 0.15) is 0 Å². The van der Waals surface area contributed by atoms with Crippen LogP contribution in [-0.4, -0.2) is 60.7 Å². The number of hydrogen-bond donors (Lipinski definition) is 1. The number of likely N-dealkylation sites (tertiary alicyclic amines) is 1. The fraction of sp³-hybridized carbons (Fsp3) is 0.379. The van der Waals surface area contributed by atoms with E-state index in [2.05, 4.69) is 10.2 Å². The van der Waals surface area contributed by atoms with Gasteiger partial charge in [-0.25, -0.2) is 4.79 Å². The van der Waals surface area contributed by atoms with Gasteiger partial charge in [-0.2, -0.15) is 18.4 Å². The van der Waals surface area contributed by atoms with E-state index in [1.165, 1.54) is 36.2 Å². The molecule has 0 radical (unpaired) electrons. The van der Waals surface area contributed by atoms with Crippen LogP contribution in [-0.2, 0) is 11.0 Å². The highest BCUT2D eigenvalue weighted by Gasteiger charge is 2.46. The molecule has 3 amide bonds. The van der Waals surface area contributed by atoms with E-state index in [4.69, 9.17) is 0 Å². The van der Waals surface area contributed by atoms with E-state index >= 15 is 0 Å². The number of hydrogen-bond acceptors (Lipinski definition) is 5. The molecule has 1 unspecified atom stereocenters. The molecule has 0 bridgehead atoms. The number of ketones is 1. The average Bonchev–Trinajstić information content (AvgIpc) is 3.30. The molecule has 40 heavy (non-hydrogen) atoms. The molecule has 1 aliphatic carbocycles. The third-order valence-corrected chi connectivity index (χ3v) is 7.83. The van der Waals surface area contributed by atoms with Crippen LogP contribution in [0, 0.1) is 11.3 Å². The van der Waals surface area contributed by atoms with Gasteiger partial charge in [0.05, 0.1) is 28.9 Å². The molecule has 3 aliphatic rings. The van der Waals surface area contributed by atoms with Gasteiger partial charge < -0.3 is 15.1 Å². The van der Waals surface area contributed by atoms with E-state index < -0.39 is 29.7 Å². The zero-order valence-corrected chi connectivity index (χ0v) is 22.1. The molecule has 5 rings (SSSR count). The molecule has 2 aromatic rings. The van der Waals surface area contributed by atoms with Gasteiger partial charge in [0.25, 0.3) is 5.91 Å². The maximum absolute atomic E-state index is 13.7. The van der Waals surface area contributed by atoms with Crippen molar-refractivity contribution in [3.8, 4) is 6.07 Å². The normalized spacial score (nSPS) is 20.6. The minimum atomic E-state index is -4.61. The van der Waals surface area contributed by atoms with Crippen molar-refractivity contribution in [2.75, 3.05) is 32.1 Å². The molecule has 1 N–H and O–H groups in total. The maximum atomic E-state index is 13.7. The van der Waals surface area contributed by atoms with Crippen molar-refractivity contribution in [2.24, 2.45) is 0 Å². The number of urea groups is 1. The SMILES string of the molecule is CN1CCC(NC(=O)c2cc(C#N)ccc2C2C3=C(CCC3=O)N(c3cccc(C(F)(F)F)c3)C(=O)N2C)CC1. The molecule has 1 atom stereocenters. The fourth-order valence-electron chi connectivity index (χ4n) is 5.71. The van der Waals surface area contributed by atoms with Gasteiger partial charge in [0.2, 0.25) is 0 Å². The van der Waals surface area contributed by atoms with Crippen LogP contribution in [0.15, 0.2) is 53.7 Å². The molecule has 1 fully saturated rings. The van der Waals surface area contributed by atoms with E-state index in [-0.39, 0.29) is 47.1 Å². The van der Waals surface area contributed by atoms with Crippen LogP contribution in [0.1, 0.15) is 58.8 Å². The summed E-state index contributed by atoms with van der Waals surface area (Å²) < 4.78 is 40.3. The summed E-state index contributed by atoms with van der Waals surface area (Å²) >= 11 is 0. The molecule has 8 nitrogen and oxygen atoms in total. The predicted molar refractivity (Wildman–Crippen MR) is 140 cm³/mol. The molecular weight excluding hydrogens is 523 g/mol. The molecule has 2 aromatic carbocycles. The Morgan fingerprint density at radius 2 is 1.77 bits per heavy atom. The Morgan fingerprint density at radius 3 is 2.45 bits per heavy atom. The first-order valence-electron chi connectivity index (χ1n) is 13.0. The van der Waals surface area contributed by atoms with E-state index in [0.717, 1.165) is 43.0 Å². The number of benzene rings is 2. The number of anilines is 1. The summed E-state index contributed by atoms with van der Waals surface area (Å²) in [6.07, 6.45) is -2.82. The number of carbonyl (C=O) groups is 3. The number of nitriles is 1. The van der Waals surface area contributed by atoms with Crippen molar-refractivity contribution in [1.82, 2.24) is 15.1 Å². The highest BCUT2D eigenvalue weighted by Crippen LogP contribution is 2.45. The Balaban J connectivity index is 1.58. The van der Waals surface area contributed by atoms with Crippen molar-refractivity contribution < 1.29 is 27.6 Å². The van der Waals surface area contributed by atoms with Gasteiger partial charge >= 0.3 is 12.2 Å². The monoisotopic (exact) mass is 551 g/mol. The van der Waals surface area contributed by atoms with Crippen LogP contribution in [0.25, 0.3) is 0 Å². The minimum absolute atomic E-state index is 0.00684. The standard InChI is InChI=1S/C29H28F3N5O3/c1-35-12-10-19(11-13-35)34-27(39)22-14-17(16-33)6-7-21(22)26-25-23(8-9-24(25)38)37(28(40)36(26)2)20-5-3-4-18(15-20)29(30,31)32/h3-7,14-15,19,26H,8-13H2,1-2H3,(H,34,39).